The zero-order valence-corrected chi connectivity index (χ0v) is 21.0. The van der Waals surface area contributed by atoms with E-state index in [4.69, 9.17) is 9.84 Å². The van der Waals surface area contributed by atoms with Crippen molar-refractivity contribution in [3.05, 3.63) is 0 Å². The second-order valence-corrected chi connectivity index (χ2v) is 12.3. The van der Waals surface area contributed by atoms with E-state index in [2.05, 4.69) is 26.1 Å². The highest BCUT2D eigenvalue weighted by molar-refractivity contribution is 5.67. The van der Waals surface area contributed by atoms with Crippen LogP contribution in [0.3, 0.4) is 0 Å². The van der Waals surface area contributed by atoms with Crippen LogP contribution < -0.4 is 5.32 Å². The minimum absolute atomic E-state index is 0.0434. The molecule has 0 aromatic rings. The van der Waals surface area contributed by atoms with Crippen LogP contribution in [0, 0.1) is 46.3 Å². The molecule has 0 heterocycles. The molecule has 1 amide bonds. The molecule has 0 aliphatic heterocycles. The predicted molar refractivity (Wildman–Crippen MR) is 127 cm³/mol. The summed E-state index contributed by atoms with van der Waals surface area (Å²) in [5.74, 6) is 2.09. The number of hydrogen-bond acceptors (Lipinski definition) is 4. The van der Waals surface area contributed by atoms with E-state index in [1.165, 1.54) is 19.3 Å². The molecule has 4 aliphatic rings. The van der Waals surface area contributed by atoms with Crippen LogP contribution in [0.2, 0.25) is 0 Å². The van der Waals surface area contributed by atoms with Crippen molar-refractivity contribution in [1.29, 1.82) is 0 Å². The fourth-order valence-corrected chi connectivity index (χ4v) is 9.16. The maximum Gasteiger partial charge on any atom is 0.407 e. The van der Waals surface area contributed by atoms with Crippen LogP contribution >= 0.6 is 0 Å². The van der Waals surface area contributed by atoms with Crippen LogP contribution in [0.25, 0.3) is 0 Å². The number of ether oxygens (including phenoxy) is 1. The average molecular weight is 464 g/mol. The quantitative estimate of drug-likeness (QED) is 0.501. The fraction of sp³-hybridized carbons (Fsp3) is 0.926. The van der Waals surface area contributed by atoms with Gasteiger partial charge in [-0.25, -0.2) is 4.79 Å². The maximum atomic E-state index is 12.0. The van der Waals surface area contributed by atoms with E-state index in [1.54, 1.807) is 0 Å². The number of carboxylic acids is 1. The van der Waals surface area contributed by atoms with Gasteiger partial charge in [0.25, 0.3) is 0 Å². The Morgan fingerprint density at radius 1 is 1.06 bits per heavy atom. The fourth-order valence-electron chi connectivity index (χ4n) is 9.16. The summed E-state index contributed by atoms with van der Waals surface area (Å²) in [5.41, 5.74) is 0.418. The Balaban J connectivity index is 1.48. The van der Waals surface area contributed by atoms with E-state index < -0.39 is 5.97 Å². The first-order valence-corrected chi connectivity index (χ1v) is 13.4. The molecular weight excluding hydrogens is 418 g/mol. The van der Waals surface area contributed by atoms with Crippen molar-refractivity contribution in [3.8, 4) is 0 Å². The lowest BCUT2D eigenvalue weighted by molar-refractivity contribution is -0.174. The number of fused-ring (bicyclic) bond motifs is 5. The molecule has 6 nitrogen and oxygen atoms in total. The number of carbonyl (C=O) groups excluding carboxylic acids is 1. The Morgan fingerprint density at radius 3 is 2.45 bits per heavy atom. The summed E-state index contributed by atoms with van der Waals surface area (Å²) >= 11 is 0. The number of alkyl carbamates (subject to hydrolysis) is 1. The molecule has 4 aliphatic carbocycles. The van der Waals surface area contributed by atoms with E-state index in [-0.39, 0.29) is 35.6 Å². The molecule has 10 atom stereocenters. The number of carboxylic acid groups (broad SMARTS) is 1. The molecule has 0 spiro atoms. The van der Waals surface area contributed by atoms with Gasteiger partial charge in [0.05, 0.1) is 6.10 Å². The number of amides is 1. The largest absolute Gasteiger partial charge is 0.481 e. The van der Waals surface area contributed by atoms with Crippen molar-refractivity contribution in [2.45, 2.75) is 104 Å². The Bertz CT molecular complexity index is 742. The van der Waals surface area contributed by atoms with Gasteiger partial charge < -0.3 is 20.3 Å². The smallest absolute Gasteiger partial charge is 0.407 e. The lowest BCUT2D eigenvalue weighted by Crippen LogP contribution is -2.59. The Kier molecular flexibility index (Phi) is 7.06. The Labute approximate surface area is 199 Å². The van der Waals surface area contributed by atoms with Crippen molar-refractivity contribution in [2.75, 3.05) is 6.54 Å². The number of aliphatic carboxylic acids is 1. The molecule has 0 unspecified atom stereocenters. The van der Waals surface area contributed by atoms with Crippen molar-refractivity contribution in [1.82, 2.24) is 5.32 Å². The Hall–Kier alpha value is -1.30. The van der Waals surface area contributed by atoms with Gasteiger partial charge in [0.15, 0.2) is 0 Å². The van der Waals surface area contributed by atoms with Gasteiger partial charge in [0.1, 0.15) is 6.10 Å². The summed E-state index contributed by atoms with van der Waals surface area (Å²) in [6.45, 7) is 9.62. The van der Waals surface area contributed by atoms with Gasteiger partial charge in [0.2, 0.25) is 0 Å². The molecule has 4 fully saturated rings. The lowest BCUT2D eigenvalue weighted by Gasteiger charge is -2.62. The van der Waals surface area contributed by atoms with Crippen LogP contribution in [0.1, 0.15) is 91.9 Å². The highest BCUT2D eigenvalue weighted by Gasteiger charge is 2.63. The topological polar surface area (TPSA) is 95.9 Å². The summed E-state index contributed by atoms with van der Waals surface area (Å²) in [7, 11) is 0. The van der Waals surface area contributed by atoms with Gasteiger partial charge >= 0.3 is 12.1 Å². The number of nitrogens with one attached hydrogen (secondary N) is 1. The van der Waals surface area contributed by atoms with Gasteiger partial charge in [-0.1, -0.05) is 20.8 Å². The molecule has 188 valence electrons. The van der Waals surface area contributed by atoms with Crippen molar-refractivity contribution >= 4 is 12.1 Å². The number of hydrogen-bond donors (Lipinski definition) is 3. The maximum absolute atomic E-state index is 12.0. The van der Waals surface area contributed by atoms with Crippen LogP contribution in [0.5, 0.6) is 0 Å². The molecule has 6 heteroatoms. The first kappa shape index (κ1) is 24.8. The molecule has 0 aromatic heterocycles. The van der Waals surface area contributed by atoms with Crippen LogP contribution in [-0.2, 0) is 9.53 Å². The third kappa shape index (κ3) is 4.41. The second-order valence-electron chi connectivity index (χ2n) is 12.3. The number of carbonyl (C=O) groups is 2. The van der Waals surface area contributed by atoms with Crippen LogP contribution in [0.15, 0.2) is 0 Å². The first-order chi connectivity index (χ1) is 15.6. The average Bonchev–Trinajstić information content (AvgIpc) is 3.10. The molecule has 0 aromatic carbocycles. The van der Waals surface area contributed by atoms with Crippen molar-refractivity contribution in [3.63, 3.8) is 0 Å². The molecule has 4 saturated carbocycles. The van der Waals surface area contributed by atoms with Crippen molar-refractivity contribution < 1.29 is 24.5 Å². The van der Waals surface area contributed by atoms with Gasteiger partial charge in [-0.15, -0.1) is 0 Å². The highest BCUT2D eigenvalue weighted by atomic mass is 16.6. The first-order valence-electron chi connectivity index (χ1n) is 13.4. The third-order valence-electron chi connectivity index (χ3n) is 10.8. The van der Waals surface area contributed by atoms with Gasteiger partial charge in [-0.2, -0.15) is 0 Å². The molecule has 0 saturated heterocycles. The Morgan fingerprint density at radius 2 is 1.76 bits per heavy atom. The predicted octanol–water partition coefficient (Wildman–Crippen LogP) is 5.23. The molecule has 0 radical (unpaired) electrons. The van der Waals surface area contributed by atoms with Gasteiger partial charge in [-0.05, 0) is 111 Å². The van der Waals surface area contributed by atoms with E-state index >= 15 is 0 Å². The third-order valence-corrected chi connectivity index (χ3v) is 10.8. The standard InChI is InChI=1S/C27H45NO5/c1-5-28-25(32)33-18-10-12-26(3)17(14-18)15-22(29)24-20-8-7-19(16(2)6-9-23(30)31)27(20,4)13-11-21(24)26/h16-22,24,29H,5-15H2,1-4H3,(H,28,32)(H,30,31)/t16-,17+,18-,19-,20+,21+,22-,24+,26+,27-/m1/s1. The van der Waals surface area contributed by atoms with Gasteiger partial charge in [-0.3, -0.25) is 4.79 Å². The number of aliphatic hydroxyl groups excluding tert-OH is 1. The van der Waals surface area contributed by atoms with E-state index in [0.717, 1.165) is 38.5 Å². The zero-order chi connectivity index (χ0) is 24.0. The summed E-state index contributed by atoms with van der Waals surface area (Å²) in [5, 5.41) is 23.4. The van der Waals surface area contributed by atoms with Gasteiger partial charge in [0, 0.05) is 13.0 Å². The molecule has 0 bridgehead atoms. The molecule has 3 N–H and O–H groups in total. The monoisotopic (exact) mass is 463 g/mol. The van der Waals surface area contributed by atoms with Crippen LogP contribution in [0.4, 0.5) is 4.79 Å². The SMILES string of the molecule is CCNC(=O)O[C@@H]1CC[C@@]2(C)[C@@H](C1)C[C@@H](O)[C@@H]1[C@@H]2CC[C@]2(C)[C@@H]([C@H](C)CCC(=O)O)CC[C@@H]12. The number of aliphatic hydroxyl groups is 1. The summed E-state index contributed by atoms with van der Waals surface area (Å²) in [6, 6.07) is 0. The minimum Gasteiger partial charge on any atom is -0.481 e. The summed E-state index contributed by atoms with van der Waals surface area (Å²) in [4.78, 5) is 23.1. The van der Waals surface area contributed by atoms with E-state index in [9.17, 15) is 14.7 Å². The highest BCUT2D eigenvalue weighted by Crippen LogP contribution is 2.68. The molecule has 4 rings (SSSR count). The van der Waals surface area contributed by atoms with E-state index in [0.29, 0.717) is 42.1 Å². The second kappa shape index (κ2) is 9.39. The molecular formula is C27H45NO5. The molecule has 33 heavy (non-hydrogen) atoms. The minimum atomic E-state index is -0.696. The lowest BCUT2D eigenvalue weighted by atomic mass is 9.43. The zero-order valence-electron chi connectivity index (χ0n) is 21.0. The van der Waals surface area contributed by atoms with Crippen LogP contribution in [-0.4, -0.2) is 41.0 Å². The summed E-state index contributed by atoms with van der Waals surface area (Å²) in [6.07, 6.45) is 8.72. The normalized spacial score (nSPS) is 45.3. The van der Waals surface area contributed by atoms with Crippen molar-refractivity contribution in [2.24, 2.45) is 46.3 Å². The van der Waals surface area contributed by atoms with E-state index in [1.807, 2.05) is 6.92 Å². The summed E-state index contributed by atoms with van der Waals surface area (Å²) < 4.78 is 5.69. The number of rotatable bonds is 6.